The summed E-state index contributed by atoms with van der Waals surface area (Å²) in [7, 11) is 3.55. The molecule has 2 rings (SSSR count). The Labute approximate surface area is 142 Å². The minimum atomic E-state index is 0.0580. The average molecular weight is 338 g/mol. The summed E-state index contributed by atoms with van der Waals surface area (Å²) < 4.78 is 0. The number of urea groups is 1. The van der Waals surface area contributed by atoms with Crippen molar-refractivity contribution in [2.45, 2.75) is 24.9 Å². The van der Waals surface area contributed by atoms with Gasteiger partial charge in [-0.3, -0.25) is 0 Å². The number of nitrogens with zero attached hydrogens (tertiary/aromatic N) is 5. The van der Waals surface area contributed by atoms with Crippen LogP contribution in [0.25, 0.3) is 0 Å². The van der Waals surface area contributed by atoms with Gasteiger partial charge in [0.2, 0.25) is 0 Å². The molecular weight excluding hydrogens is 312 g/mol. The average Bonchev–Trinajstić information content (AvgIpc) is 2.54. The molecule has 2 amide bonds. The Morgan fingerprint density at radius 3 is 2.61 bits per heavy atom. The van der Waals surface area contributed by atoms with Gasteiger partial charge in [0, 0.05) is 52.1 Å². The van der Waals surface area contributed by atoms with Gasteiger partial charge in [-0.2, -0.15) is 0 Å². The van der Waals surface area contributed by atoms with Crippen LogP contribution in [0.4, 0.5) is 16.4 Å². The van der Waals surface area contributed by atoms with Gasteiger partial charge >= 0.3 is 6.03 Å². The van der Waals surface area contributed by atoms with Crippen LogP contribution in [0.1, 0.15) is 19.8 Å². The molecule has 1 aliphatic rings. The molecule has 8 heteroatoms. The molecule has 0 atom stereocenters. The van der Waals surface area contributed by atoms with E-state index in [1.165, 1.54) is 0 Å². The summed E-state index contributed by atoms with van der Waals surface area (Å²) in [4.78, 5) is 26.5. The van der Waals surface area contributed by atoms with Crippen LogP contribution < -0.4 is 10.6 Å². The zero-order valence-corrected chi connectivity index (χ0v) is 15.0. The van der Waals surface area contributed by atoms with Gasteiger partial charge in [0.25, 0.3) is 0 Å². The van der Waals surface area contributed by atoms with Gasteiger partial charge < -0.3 is 20.4 Å². The molecule has 0 bridgehead atoms. The SMILES string of the molecule is CCCCSc1nc(N)cc(N2CCN(C(=O)N(C)C)CC2)n1. The van der Waals surface area contributed by atoms with Crippen molar-refractivity contribution < 1.29 is 4.79 Å². The van der Waals surface area contributed by atoms with Crippen molar-refractivity contribution in [1.82, 2.24) is 19.8 Å². The first-order valence-corrected chi connectivity index (χ1v) is 8.98. The van der Waals surface area contributed by atoms with Crippen LogP contribution in [0.15, 0.2) is 11.2 Å². The lowest BCUT2D eigenvalue weighted by atomic mass is 10.3. The number of piperazine rings is 1. The number of rotatable bonds is 5. The smallest absolute Gasteiger partial charge is 0.319 e. The zero-order valence-electron chi connectivity index (χ0n) is 14.2. The number of hydrogen-bond acceptors (Lipinski definition) is 6. The van der Waals surface area contributed by atoms with E-state index in [1.807, 2.05) is 11.0 Å². The molecule has 2 N–H and O–H groups in total. The second-order valence-corrected chi connectivity index (χ2v) is 6.85. The fourth-order valence-corrected chi connectivity index (χ4v) is 3.32. The Kier molecular flexibility index (Phi) is 6.32. The van der Waals surface area contributed by atoms with Crippen molar-refractivity contribution >= 4 is 29.4 Å². The molecule has 0 radical (unpaired) electrons. The summed E-state index contributed by atoms with van der Waals surface area (Å²) in [6.07, 6.45) is 2.30. The summed E-state index contributed by atoms with van der Waals surface area (Å²) in [5.41, 5.74) is 5.92. The highest BCUT2D eigenvalue weighted by Gasteiger charge is 2.23. The van der Waals surface area contributed by atoms with Crippen LogP contribution in [-0.4, -0.2) is 71.8 Å². The van der Waals surface area contributed by atoms with Gasteiger partial charge in [-0.1, -0.05) is 25.1 Å². The molecule has 0 saturated carbocycles. The summed E-state index contributed by atoms with van der Waals surface area (Å²) in [5, 5.41) is 0.736. The van der Waals surface area contributed by atoms with Crippen molar-refractivity contribution in [2.24, 2.45) is 0 Å². The molecule has 1 aliphatic heterocycles. The lowest BCUT2D eigenvalue weighted by Crippen LogP contribution is -2.51. The Bertz CT molecular complexity index is 531. The van der Waals surface area contributed by atoms with Gasteiger partial charge in [-0.15, -0.1) is 0 Å². The molecule has 0 unspecified atom stereocenters. The molecule has 128 valence electrons. The van der Waals surface area contributed by atoms with Gasteiger partial charge in [-0.05, 0) is 6.42 Å². The largest absolute Gasteiger partial charge is 0.383 e. The van der Waals surface area contributed by atoms with Crippen molar-refractivity contribution in [3.63, 3.8) is 0 Å². The molecule has 23 heavy (non-hydrogen) atoms. The highest BCUT2D eigenvalue weighted by atomic mass is 32.2. The molecule has 7 nitrogen and oxygen atoms in total. The number of amides is 2. The van der Waals surface area contributed by atoms with E-state index in [0.717, 1.165) is 42.7 Å². The number of carbonyl (C=O) groups excluding carboxylic acids is 1. The molecule has 1 aromatic heterocycles. The first kappa shape index (κ1) is 17.7. The molecule has 0 aliphatic carbocycles. The molecular formula is C15H26N6OS. The maximum atomic E-state index is 12.0. The number of anilines is 2. The Hall–Kier alpha value is -1.70. The van der Waals surface area contributed by atoms with Gasteiger partial charge in [0.15, 0.2) is 5.16 Å². The van der Waals surface area contributed by atoms with E-state index in [2.05, 4.69) is 21.8 Å². The second kappa shape index (κ2) is 8.24. The number of hydrogen-bond donors (Lipinski definition) is 1. The molecule has 0 aromatic carbocycles. The number of carbonyl (C=O) groups is 1. The Morgan fingerprint density at radius 1 is 1.30 bits per heavy atom. The fourth-order valence-electron chi connectivity index (χ4n) is 2.37. The van der Waals surface area contributed by atoms with E-state index in [0.29, 0.717) is 18.9 Å². The van der Waals surface area contributed by atoms with Crippen molar-refractivity contribution in [2.75, 3.05) is 56.7 Å². The minimum Gasteiger partial charge on any atom is -0.383 e. The van der Waals surface area contributed by atoms with Crippen LogP contribution >= 0.6 is 11.8 Å². The lowest BCUT2D eigenvalue weighted by Gasteiger charge is -2.36. The van der Waals surface area contributed by atoms with E-state index in [4.69, 9.17) is 5.73 Å². The van der Waals surface area contributed by atoms with E-state index in [1.54, 1.807) is 30.8 Å². The van der Waals surface area contributed by atoms with E-state index < -0.39 is 0 Å². The summed E-state index contributed by atoms with van der Waals surface area (Å²) in [5.74, 6) is 2.36. The monoisotopic (exact) mass is 338 g/mol. The zero-order chi connectivity index (χ0) is 16.8. The van der Waals surface area contributed by atoms with Gasteiger partial charge in [0.1, 0.15) is 11.6 Å². The maximum Gasteiger partial charge on any atom is 0.319 e. The molecule has 1 aromatic rings. The standard InChI is InChI=1S/C15H26N6OS/c1-4-5-10-23-14-17-12(16)11-13(18-14)20-6-8-21(9-7-20)15(22)19(2)3/h11H,4-10H2,1-3H3,(H2,16,17,18). The van der Waals surface area contributed by atoms with Crippen molar-refractivity contribution in [1.29, 1.82) is 0 Å². The second-order valence-electron chi connectivity index (χ2n) is 5.79. The number of aromatic nitrogens is 2. The summed E-state index contributed by atoms with van der Waals surface area (Å²) in [6.45, 7) is 5.07. The summed E-state index contributed by atoms with van der Waals surface area (Å²) >= 11 is 1.65. The van der Waals surface area contributed by atoms with E-state index in [9.17, 15) is 4.79 Å². The van der Waals surface area contributed by atoms with Crippen LogP contribution in [0.3, 0.4) is 0 Å². The predicted molar refractivity (Wildman–Crippen MR) is 94.9 cm³/mol. The number of nitrogen functional groups attached to an aromatic ring is 1. The number of unbranched alkanes of at least 4 members (excludes halogenated alkanes) is 1. The highest BCUT2D eigenvalue weighted by molar-refractivity contribution is 7.99. The number of nitrogens with two attached hydrogens (primary N) is 1. The minimum absolute atomic E-state index is 0.0580. The van der Waals surface area contributed by atoms with Gasteiger partial charge in [0.05, 0.1) is 0 Å². The quantitative estimate of drug-likeness (QED) is 0.501. The first-order valence-electron chi connectivity index (χ1n) is 7.99. The van der Waals surface area contributed by atoms with E-state index >= 15 is 0 Å². The maximum absolute atomic E-state index is 12.0. The highest BCUT2D eigenvalue weighted by Crippen LogP contribution is 2.22. The first-order chi connectivity index (χ1) is 11.0. The molecule has 1 saturated heterocycles. The van der Waals surface area contributed by atoms with Crippen LogP contribution in [0, 0.1) is 0 Å². The number of thioether (sulfide) groups is 1. The Balaban J connectivity index is 1.98. The normalized spacial score (nSPS) is 14.9. The molecule has 2 heterocycles. The van der Waals surface area contributed by atoms with Crippen molar-refractivity contribution in [3.05, 3.63) is 6.07 Å². The lowest BCUT2D eigenvalue weighted by molar-refractivity contribution is 0.168. The fraction of sp³-hybridized carbons (Fsp3) is 0.667. The topological polar surface area (TPSA) is 78.6 Å². The van der Waals surface area contributed by atoms with Crippen LogP contribution in [0.2, 0.25) is 0 Å². The predicted octanol–water partition coefficient (Wildman–Crippen LogP) is 1.75. The summed E-state index contributed by atoms with van der Waals surface area (Å²) in [6, 6.07) is 1.87. The molecule has 0 spiro atoms. The third-order valence-electron chi connectivity index (χ3n) is 3.70. The van der Waals surface area contributed by atoms with Crippen LogP contribution in [-0.2, 0) is 0 Å². The van der Waals surface area contributed by atoms with E-state index in [-0.39, 0.29) is 6.03 Å². The molecule has 1 fully saturated rings. The van der Waals surface area contributed by atoms with Gasteiger partial charge in [-0.25, -0.2) is 14.8 Å². The van der Waals surface area contributed by atoms with Crippen LogP contribution in [0.5, 0.6) is 0 Å². The van der Waals surface area contributed by atoms with Crippen molar-refractivity contribution in [3.8, 4) is 0 Å². The third-order valence-corrected chi connectivity index (χ3v) is 4.63. The Morgan fingerprint density at radius 2 is 2.00 bits per heavy atom. The third kappa shape index (κ3) is 4.89.